The van der Waals surface area contributed by atoms with Crippen molar-refractivity contribution in [3.8, 4) is 22.8 Å². The van der Waals surface area contributed by atoms with Gasteiger partial charge in [0, 0.05) is 5.56 Å². The molecule has 3 rings (SSSR count). The van der Waals surface area contributed by atoms with Crippen LogP contribution in [-0.2, 0) is 0 Å². The van der Waals surface area contributed by atoms with Gasteiger partial charge >= 0.3 is 0 Å². The third-order valence-corrected chi connectivity index (χ3v) is 4.21. The first-order valence-corrected chi connectivity index (χ1v) is 9.54. The average molecular weight is 404 g/mol. The van der Waals surface area contributed by atoms with Gasteiger partial charge in [-0.2, -0.15) is 10.2 Å². The van der Waals surface area contributed by atoms with Crippen molar-refractivity contribution < 1.29 is 14.3 Å². The topological polar surface area (TPSA) is 88.6 Å². The zero-order valence-electron chi connectivity index (χ0n) is 17.2. The molecule has 0 bridgehead atoms. The molecule has 30 heavy (non-hydrogen) atoms. The summed E-state index contributed by atoms with van der Waals surface area (Å²) in [6, 6.07) is 17.0. The van der Waals surface area contributed by atoms with E-state index in [0.717, 1.165) is 16.7 Å². The van der Waals surface area contributed by atoms with Crippen LogP contribution < -0.4 is 14.9 Å². The van der Waals surface area contributed by atoms with Crippen molar-refractivity contribution in [3.05, 3.63) is 71.4 Å². The third kappa shape index (κ3) is 5.35. The van der Waals surface area contributed by atoms with Crippen molar-refractivity contribution in [1.29, 1.82) is 0 Å². The van der Waals surface area contributed by atoms with Gasteiger partial charge in [0.2, 0.25) is 0 Å². The summed E-state index contributed by atoms with van der Waals surface area (Å²) in [5, 5.41) is 11.0. The summed E-state index contributed by atoms with van der Waals surface area (Å²) < 4.78 is 10.9. The molecule has 3 aromatic rings. The summed E-state index contributed by atoms with van der Waals surface area (Å²) in [5.41, 5.74) is 6.20. The molecule has 154 valence electrons. The van der Waals surface area contributed by atoms with Gasteiger partial charge in [0.25, 0.3) is 5.91 Å². The Kier molecular flexibility index (Phi) is 7.00. The maximum atomic E-state index is 12.3. The molecule has 0 aliphatic rings. The number of hydrogen-bond donors (Lipinski definition) is 2. The number of aromatic amines is 1. The number of hydrazone groups is 1. The van der Waals surface area contributed by atoms with E-state index in [4.69, 9.17) is 9.47 Å². The summed E-state index contributed by atoms with van der Waals surface area (Å²) in [6.45, 7) is 4.37. The quantitative estimate of drug-likeness (QED) is 0.433. The van der Waals surface area contributed by atoms with Gasteiger partial charge in [0.05, 0.1) is 25.6 Å². The van der Waals surface area contributed by atoms with E-state index in [0.29, 0.717) is 29.5 Å². The lowest BCUT2D eigenvalue weighted by Crippen LogP contribution is -2.17. The van der Waals surface area contributed by atoms with Crippen molar-refractivity contribution in [2.24, 2.45) is 5.10 Å². The Hall–Kier alpha value is -3.87. The molecule has 2 N–H and O–H groups in total. The number of ether oxygens (including phenoxy) is 2. The van der Waals surface area contributed by atoms with Crippen LogP contribution in [0.15, 0.2) is 65.3 Å². The molecular weight excluding hydrogens is 380 g/mol. The number of rotatable bonds is 8. The summed E-state index contributed by atoms with van der Waals surface area (Å²) in [7, 11) is 1.58. The van der Waals surface area contributed by atoms with E-state index in [1.54, 1.807) is 19.4 Å². The Balaban J connectivity index is 1.66. The van der Waals surface area contributed by atoms with Gasteiger partial charge in [0.1, 0.15) is 5.69 Å². The summed E-state index contributed by atoms with van der Waals surface area (Å²) >= 11 is 0. The number of hydrogen-bond acceptors (Lipinski definition) is 5. The van der Waals surface area contributed by atoms with Crippen LogP contribution in [0, 0.1) is 0 Å². The molecule has 1 amide bonds. The third-order valence-electron chi connectivity index (χ3n) is 4.21. The highest BCUT2D eigenvalue weighted by Gasteiger charge is 2.13. The average Bonchev–Trinajstić information content (AvgIpc) is 3.25. The first kappa shape index (κ1) is 20.9. The van der Waals surface area contributed by atoms with Crippen molar-refractivity contribution >= 4 is 18.2 Å². The number of amides is 1. The number of carbonyl (C=O) groups is 1. The first-order valence-electron chi connectivity index (χ1n) is 9.54. The Labute approximate surface area is 175 Å². The second-order valence-corrected chi connectivity index (χ2v) is 6.46. The number of H-pyrrole nitrogens is 1. The predicted octanol–water partition coefficient (Wildman–Crippen LogP) is 4.30. The molecule has 0 saturated heterocycles. The highest BCUT2D eigenvalue weighted by Crippen LogP contribution is 2.32. The van der Waals surface area contributed by atoms with Crippen molar-refractivity contribution in [1.82, 2.24) is 15.6 Å². The van der Waals surface area contributed by atoms with Crippen LogP contribution in [0.2, 0.25) is 0 Å². The monoisotopic (exact) mass is 404 g/mol. The molecule has 0 fully saturated rings. The lowest BCUT2D eigenvalue weighted by molar-refractivity contribution is 0.0950. The fraction of sp³-hybridized carbons (Fsp3) is 0.174. The summed E-state index contributed by atoms with van der Waals surface area (Å²) in [5.74, 6) is 0.884. The first-order chi connectivity index (χ1) is 14.6. The fourth-order valence-corrected chi connectivity index (χ4v) is 2.79. The molecule has 1 heterocycles. The number of nitrogens with one attached hydrogen (secondary N) is 2. The normalized spacial score (nSPS) is 11.5. The summed E-state index contributed by atoms with van der Waals surface area (Å²) in [6.07, 6.45) is 3.57. The standard InChI is InChI=1S/C23H24N4O3/c1-4-30-21-11-10-18(13-22(21)29-3)19-14-20(26-25-19)23(28)27-24-15-16(2)12-17-8-6-5-7-9-17/h5-15H,4H2,1-3H3,(H,25,26)(H,27,28). The zero-order chi connectivity index (χ0) is 21.3. The minimum absolute atomic E-state index is 0.305. The summed E-state index contributed by atoms with van der Waals surface area (Å²) in [4.78, 5) is 12.3. The molecule has 0 saturated carbocycles. The van der Waals surface area contributed by atoms with Crippen molar-refractivity contribution in [2.75, 3.05) is 13.7 Å². The van der Waals surface area contributed by atoms with Crippen LogP contribution >= 0.6 is 0 Å². The number of methoxy groups -OCH3 is 1. The van der Waals surface area contributed by atoms with Crippen LogP contribution in [0.25, 0.3) is 17.3 Å². The molecule has 0 atom stereocenters. The van der Waals surface area contributed by atoms with E-state index < -0.39 is 0 Å². The number of nitrogens with zero attached hydrogens (tertiary/aromatic N) is 2. The number of aromatic nitrogens is 2. The number of allylic oxidation sites excluding steroid dienone is 1. The van der Waals surface area contributed by atoms with E-state index in [9.17, 15) is 4.79 Å². The Morgan fingerprint density at radius 1 is 1.17 bits per heavy atom. The highest BCUT2D eigenvalue weighted by atomic mass is 16.5. The molecule has 2 aromatic carbocycles. The molecule has 7 heteroatoms. The van der Waals surface area contributed by atoms with E-state index in [-0.39, 0.29) is 5.91 Å². The maximum Gasteiger partial charge on any atom is 0.289 e. The Bertz CT molecular complexity index is 1060. The van der Waals surface area contributed by atoms with E-state index in [2.05, 4.69) is 20.7 Å². The molecule has 0 aliphatic carbocycles. The number of carbonyl (C=O) groups excluding carboxylic acids is 1. The van der Waals surface area contributed by atoms with Gasteiger partial charge < -0.3 is 9.47 Å². The van der Waals surface area contributed by atoms with Crippen LogP contribution in [0.3, 0.4) is 0 Å². The van der Waals surface area contributed by atoms with E-state index >= 15 is 0 Å². The van der Waals surface area contributed by atoms with Gasteiger partial charge in [-0.1, -0.05) is 36.4 Å². The lowest BCUT2D eigenvalue weighted by atomic mass is 10.1. The SMILES string of the molecule is CCOc1ccc(-c2cc(C(=O)NN=CC(C)=Cc3ccccc3)[nH]n2)cc1OC. The molecular formula is C23H24N4O3. The van der Waals surface area contributed by atoms with Crippen molar-refractivity contribution in [3.63, 3.8) is 0 Å². The molecule has 0 aliphatic heterocycles. The Morgan fingerprint density at radius 3 is 2.70 bits per heavy atom. The molecule has 0 unspecified atom stereocenters. The maximum absolute atomic E-state index is 12.3. The van der Waals surface area contributed by atoms with E-state index in [1.165, 1.54) is 0 Å². The van der Waals surface area contributed by atoms with Crippen LogP contribution in [-0.4, -0.2) is 36.0 Å². The largest absolute Gasteiger partial charge is 0.493 e. The van der Waals surface area contributed by atoms with Crippen LogP contribution in [0.5, 0.6) is 11.5 Å². The molecule has 0 radical (unpaired) electrons. The van der Waals surface area contributed by atoms with Crippen LogP contribution in [0.4, 0.5) is 0 Å². The molecule has 1 aromatic heterocycles. The highest BCUT2D eigenvalue weighted by molar-refractivity contribution is 5.94. The fourth-order valence-electron chi connectivity index (χ4n) is 2.79. The van der Waals surface area contributed by atoms with Gasteiger partial charge in [0.15, 0.2) is 11.5 Å². The van der Waals surface area contributed by atoms with Gasteiger partial charge in [-0.15, -0.1) is 0 Å². The van der Waals surface area contributed by atoms with Gasteiger partial charge in [-0.3, -0.25) is 9.89 Å². The smallest absolute Gasteiger partial charge is 0.289 e. The van der Waals surface area contributed by atoms with Gasteiger partial charge in [-0.25, -0.2) is 5.43 Å². The zero-order valence-corrected chi connectivity index (χ0v) is 17.2. The lowest BCUT2D eigenvalue weighted by Gasteiger charge is -2.09. The van der Waals surface area contributed by atoms with E-state index in [1.807, 2.05) is 68.5 Å². The van der Waals surface area contributed by atoms with Crippen LogP contribution in [0.1, 0.15) is 29.9 Å². The molecule has 7 nitrogen and oxygen atoms in total. The predicted molar refractivity (Wildman–Crippen MR) is 118 cm³/mol. The van der Waals surface area contributed by atoms with Crippen molar-refractivity contribution in [2.45, 2.75) is 13.8 Å². The molecule has 0 spiro atoms. The van der Waals surface area contributed by atoms with Gasteiger partial charge in [-0.05, 0) is 49.2 Å². The number of benzene rings is 2. The minimum atomic E-state index is -0.379. The second kappa shape index (κ2) is 10.1. The minimum Gasteiger partial charge on any atom is -0.493 e. The Morgan fingerprint density at radius 2 is 1.97 bits per heavy atom. The second-order valence-electron chi connectivity index (χ2n) is 6.46.